The predicted octanol–water partition coefficient (Wildman–Crippen LogP) is 3.49. The third-order valence-electron chi connectivity index (χ3n) is 5.79. The van der Waals surface area contributed by atoms with Crippen molar-refractivity contribution in [1.29, 1.82) is 0 Å². The van der Waals surface area contributed by atoms with Crippen molar-refractivity contribution in [1.82, 2.24) is 10.3 Å². The van der Waals surface area contributed by atoms with Crippen molar-refractivity contribution in [2.45, 2.75) is 65.0 Å². The van der Waals surface area contributed by atoms with E-state index in [9.17, 15) is 14.4 Å². The molecule has 1 aromatic heterocycles. The number of amides is 1. The summed E-state index contributed by atoms with van der Waals surface area (Å²) in [6, 6.07) is 6.66. The highest BCUT2D eigenvalue weighted by molar-refractivity contribution is 5.98. The molecule has 1 amide bonds. The molecule has 1 N–H and O–H groups in total. The molecule has 1 aromatic carbocycles. The predicted molar refractivity (Wildman–Crippen MR) is 121 cm³/mol. The molecule has 0 aliphatic heterocycles. The summed E-state index contributed by atoms with van der Waals surface area (Å²) in [6.45, 7) is 7.47. The molecule has 3 rings (SSSR count). The van der Waals surface area contributed by atoms with E-state index in [0.717, 1.165) is 0 Å². The minimum absolute atomic E-state index is 0.0673. The SMILES string of the molecule is CCCC(=O)Oc1c(OC)ccnc1C(=O)N[C@@H](C)C(=O)OC1Cc2cccc(C)c2C1C. The second kappa shape index (κ2) is 10.5. The van der Waals surface area contributed by atoms with E-state index < -0.39 is 23.9 Å². The van der Waals surface area contributed by atoms with Gasteiger partial charge in [0.05, 0.1) is 7.11 Å². The van der Waals surface area contributed by atoms with Crippen LogP contribution in [0.25, 0.3) is 0 Å². The van der Waals surface area contributed by atoms with Gasteiger partial charge < -0.3 is 19.5 Å². The van der Waals surface area contributed by atoms with E-state index >= 15 is 0 Å². The van der Waals surface area contributed by atoms with Crippen LogP contribution in [0, 0.1) is 6.92 Å². The molecule has 0 spiro atoms. The monoisotopic (exact) mass is 454 g/mol. The number of hydrogen-bond acceptors (Lipinski definition) is 7. The van der Waals surface area contributed by atoms with Crippen molar-refractivity contribution >= 4 is 17.8 Å². The summed E-state index contributed by atoms with van der Waals surface area (Å²) in [4.78, 5) is 41.7. The van der Waals surface area contributed by atoms with Gasteiger partial charge in [-0.1, -0.05) is 32.0 Å². The summed E-state index contributed by atoms with van der Waals surface area (Å²) >= 11 is 0. The van der Waals surface area contributed by atoms with Crippen LogP contribution in [-0.2, 0) is 20.7 Å². The lowest BCUT2D eigenvalue weighted by Gasteiger charge is -2.21. The molecule has 1 aliphatic carbocycles. The zero-order valence-electron chi connectivity index (χ0n) is 19.6. The van der Waals surface area contributed by atoms with Crippen LogP contribution < -0.4 is 14.8 Å². The molecule has 176 valence electrons. The number of ether oxygens (including phenoxy) is 3. The Kier molecular flexibility index (Phi) is 7.68. The fraction of sp³-hybridized carbons (Fsp3) is 0.440. The Labute approximate surface area is 193 Å². The highest BCUT2D eigenvalue weighted by Gasteiger charge is 2.34. The van der Waals surface area contributed by atoms with E-state index in [1.807, 2.05) is 26.0 Å². The molecule has 0 bridgehead atoms. The average Bonchev–Trinajstić information content (AvgIpc) is 3.10. The molecule has 0 fully saturated rings. The van der Waals surface area contributed by atoms with E-state index in [0.29, 0.717) is 12.8 Å². The van der Waals surface area contributed by atoms with Crippen LogP contribution in [0.3, 0.4) is 0 Å². The van der Waals surface area contributed by atoms with Gasteiger partial charge >= 0.3 is 11.9 Å². The van der Waals surface area contributed by atoms with Gasteiger partial charge in [0.1, 0.15) is 12.1 Å². The lowest BCUT2D eigenvalue weighted by Crippen LogP contribution is -2.41. The van der Waals surface area contributed by atoms with Crippen LogP contribution in [0.5, 0.6) is 11.5 Å². The molecule has 1 aliphatic rings. The first kappa shape index (κ1) is 24.2. The summed E-state index contributed by atoms with van der Waals surface area (Å²) in [5, 5.41) is 2.59. The largest absolute Gasteiger partial charge is 0.493 e. The van der Waals surface area contributed by atoms with Gasteiger partial charge in [0.2, 0.25) is 5.75 Å². The summed E-state index contributed by atoms with van der Waals surface area (Å²) in [6.07, 6.45) is 2.49. The highest BCUT2D eigenvalue weighted by atomic mass is 16.6. The Bertz CT molecular complexity index is 1050. The van der Waals surface area contributed by atoms with Gasteiger partial charge in [0.15, 0.2) is 11.4 Å². The molecule has 8 nitrogen and oxygen atoms in total. The van der Waals surface area contributed by atoms with Gasteiger partial charge in [-0.25, -0.2) is 9.78 Å². The second-order valence-electron chi connectivity index (χ2n) is 8.23. The normalized spacial score (nSPS) is 17.6. The third kappa shape index (κ3) is 5.32. The summed E-state index contributed by atoms with van der Waals surface area (Å²) in [5.74, 6) is -1.53. The first-order chi connectivity index (χ1) is 15.8. The number of hydrogen-bond donors (Lipinski definition) is 1. The van der Waals surface area contributed by atoms with Crippen LogP contribution in [0.1, 0.15) is 66.7 Å². The van der Waals surface area contributed by atoms with E-state index in [2.05, 4.69) is 23.3 Å². The van der Waals surface area contributed by atoms with Gasteiger partial charge in [0.25, 0.3) is 5.91 Å². The topological polar surface area (TPSA) is 104 Å². The Morgan fingerprint density at radius 3 is 2.67 bits per heavy atom. The maximum Gasteiger partial charge on any atom is 0.328 e. The number of aryl methyl sites for hydroxylation is 1. The lowest BCUT2D eigenvalue weighted by molar-refractivity contribution is -0.151. The average molecular weight is 455 g/mol. The molecular formula is C25H30N2O6. The van der Waals surface area contributed by atoms with Crippen LogP contribution in [0.4, 0.5) is 0 Å². The zero-order valence-corrected chi connectivity index (χ0v) is 19.6. The Hall–Kier alpha value is -3.42. The minimum atomic E-state index is -0.929. The first-order valence-corrected chi connectivity index (χ1v) is 11.1. The van der Waals surface area contributed by atoms with Gasteiger partial charge in [0, 0.05) is 31.0 Å². The van der Waals surface area contributed by atoms with Crippen molar-refractivity contribution in [3.8, 4) is 11.5 Å². The van der Waals surface area contributed by atoms with Crippen molar-refractivity contribution in [2.75, 3.05) is 7.11 Å². The number of rotatable bonds is 8. The van der Waals surface area contributed by atoms with E-state index in [4.69, 9.17) is 14.2 Å². The number of pyridine rings is 1. The fourth-order valence-corrected chi connectivity index (χ4v) is 4.09. The van der Waals surface area contributed by atoms with E-state index in [-0.39, 0.29) is 35.6 Å². The fourth-order valence-electron chi connectivity index (χ4n) is 4.09. The molecule has 2 aromatic rings. The molecular weight excluding hydrogens is 424 g/mol. The number of fused-ring (bicyclic) bond motifs is 1. The van der Waals surface area contributed by atoms with Crippen LogP contribution in [-0.4, -0.2) is 42.1 Å². The zero-order chi connectivity index (χ0) is 24.1. The second-order valence-corrected chi connectivity index (χ2v) is 8.23. The minimum Gasteiger partial charge on any atom is -0.493 e. The number of carbonyl (C=O) groups is 3. The van der Waals surface area contributed by atoms with Crippen LogP contribution in [0.15, 0.2) is 30.5 Å². The number of nitrogens with zero attached hydrogens (tertiary/aromatic N) is 1. The number of carbonyl (C=O) groups excluding carboxylic acids is 3. The summed E-state index contributed by atoms with van der Waals surface area (Å²) in [7, 11) is 1.40. The maximum atomic E-state index is 12.9. The van der Waals surface area contributed by atoms with Crippen molar-refractivity contribution in [3.05, 3.63) is 52.8 Å². The molecule has 0 saturated heterocycles. The van der Waals surface area contributed by atoms with Gasteiger partial charge in [-0.3, -0.25) is 9.59 Å². The Morgan fingerprint density at radius 1 is 1.24 bits per heavy atom. The van der Waals surface area contributed by atoms with Gasteiger partial charge in [-0.2, -0.15) is 0 Å². The molecule has 2 unspecified atom stereocenters. The molecule has 8 heteroatoms. The quantitative estimate of drug-likeness (QED) is 0.609. The molecule has 33 heavy (non-hydrogen) atoms. The number of benzene rings is 1. The van der Waals surface area contributed by atoms with Crippen LogP contribution >= 0.6 is 0 Å². The number of esters is 2. The van der Waals surface area contributed by atoms with Crippen molar-refractivity contribution in [2.24, 2.45) is 0 Å². The maximum absolute atomic E-state index is 12.9. The lowest BCUT2D eigenvalue weighted by atomic mass is 9.97. The first-order valence-electron chi connectivity index (χ1n) is 11.1. The van der Waals surface area contributed by atoms with Gasteiger partial charge in [-0.15, -0.1) is 0 Å². The molecule has 3 atom stereocenters. The number of aromatic nitrogens is 1. The smallest absolute Gasteiger partial charge is 0.328 e. The molecule has 1 heterocycles. The Morgan fingerprint density at radius 2 is 2.00 bits per heavy atom. The highest BCUT2D eigenvalue weighted by Crippen LogP contribution is 2.37. The standard InChI is InChI=1S/C25H30N2O6/c1-6-8-20(28)33-23-18(31-5)11-12-26-22(23)24(29)27-16(4)25(30)32-19-13-17-10-7-9-14(2)21(17)15(19)3/h7,9-12,15-16,19H,6,8,13H2,1-5H3,(H,27,29)/t15?,16-,19?/m0/s1. The number of methoxy groups -OCH3 is 1. The Balaban J connectivity index is 1.69. The van der Waals surface area contributed by atoms with E-state index in [1.165, 1.54) is 36.1 Å². The van der Waals surface area contributed by atoms with Crippen molar-refractivity contribution in [3.63, 3.8) is 0 Å². The van der Waals surface area contributed by atoms with Gasteiger partial charge in [-0.05, 0) is 37.0 Å². The summed E-state index contributed by atoms with van der Waals surface area (Å²) < 4.78 is 16.3. The van der Waals surface area contributed by atoms with Crippen LogP contribution in [0.2, 0.25) is 0 Å². The molecule has 0 saturated carbocycles. The van der Waals surface area contributed by atoms with Crippen molar-refractivity contribution < 1.29 is 28.6 Å². The van der Waals surface area contributed by atoms with E-state index in [1.54, 1.807) is 6.92 Å². The molecule has 0 radical (unpaired) electrons. The summed E-state index contributed by atoms with van der Waals surface area (Å²) in [5.41, 5.74) is 3.42. The third-order valence-corrected chi connectivity index (χ3v) is 5.79. The number of nitrogens with one attached hydrogen (secondary N) is 1.